The Hall–Kier alpha value is -1.37. The molecule has 0 radical (unpaired) electrons. The van der Waals surface area contributed by atoms with E-state index >= 15 is 4.39 Å². The van der Waals surface area contributed by atoms with Gasteiger partial charge in [0.15, 0.2) is 17.2 Å². The van der Waals surface area contributed by atoms with Crippen molar-refractivity contribution in [1.82, 2.24) is 0 Å². The monoisotopic (exact) mass is 392 g/mol. The average Bonchev–Trinajstić information content (AvgIpc) is 2.84. The zero-order valence-corrected chi connectivity index (χ0v) is 16.6. The van der Waals surface area contributed by atoms with Gasteiger partial charge in [-0.15, -0.1) is 0 Å². The summed E-state index contributed by atoms with van der Waals surface area (Å²) < 4.78 is 16.9. The first kappa shape index (κ1) is 19.9. The van der Waals surface area contributed by atoms with Crippen molar-refractivity contribution in [2.45, 2.75) is 63.8 Å². The molecule has 4 rings (SSSR count). The maximum atomic E-state index is 16.9. The van der Waals surface area contributed by atoms with Crippen molar-refractivity contribution < 1.29 is 29.3 Å². The summed E-state index contributed by atoms with van der Waals surface area (Å²) in [6.45, 7) is 4.48. The number of hydrogen-bond donors (Lipinski definition) is 3. The van der Waals surface area contributed by atoms with Crippen LogP contribution in [0.2, 0.25) is 0 Å². The van der Waals surface area contributed by atoms with Gasteiger partial charge < -0.3 is 15.3 Å². The Balaban J connectivity index is 1.84. The van der Waals surface area contributed by atoms with E-state index in [1.165, 1.54) is 12.2 Å². The Bertz CT molecular complexity index is 805. The number of aliphatic hydroxyl groups excluding tert-OH is 2. The molecule has 0 spiro atoms. The third-order valence-electron chi connectivity index (χ3n) is 8.79. The molecule has 0 saturated heterocycles. The number of aliphatic hydroxyl groups is 3. The van der Waals surface area contributed by atoms with Gasteiger partial charge in [0.05, 0.1) is 6.10 Å². The van der Waals surface area contributed by atoms with Crippen molar-refractivity contribution in [2.24, 2.45) is 28.6 Å². The lowest BCUT2D eigenvalue weighted by Gasteiger charge is -2.62. The highest BCUT2D eigenvalue weighted by molar-refractivity contribution is 6.01. The zero-order chi connectivity index (χ0) is 20.7. The van der Waals surface area contributed by atoms with Crippen molar-refractivity contribution in [2.75, 3.05) is 6.61 Å². The minimum atomic E-state index is -1.98. The maximum Gasteiger partial charge on any atom is 0.190 e. The molecule has 28 heavy (non-hydrogen) atoms. The Morgan fingerprint density at radius 3 is 2.64 bits per heavy atom. The first-order valence-electron chi connectivity index (χ1n) is 10.1. The van der Waals surface area contributed by atoms with Gasteiger partial charge in [0.1, 0.15) is 12.2 Å². The number of alkyl halides is 1. The molecule has 3 saturated carbocycles. The Kier molecular flexibility index (Phi) is 4.15. The first-order valence-corrected chi connectivity index (χ1v) is 10.1. The van der Waals surface area contributed by atoms with E-state index < -0.39 is 52.4 Å². The van der Waals surface area contributed by atoms with Gasteiger partial charge in [-0.2, -0.15) is 0 Å². The second-order valence-corrected chi connectivity index (χ2v) is 9.75. The Labute approximate surface area is 164 Å². The van der Waals surface area contributed by atoms with E-state index in [0.29, 0.717) is 24.8 Å². The highest BCUT2D eigenvalue weighted by Gasteiger charge is 2.75. The molecule has 6 heteroatoms. The summed E-state index contributed by atoms with van der Waals surface area (Å²) in [7, 11) is 0. The third-order valence-corrected chi connectivity index (χ3v) is 8.79. The van der Waals surface area contributed by atoms with E-state index in [1.807, 2.05) is 0 Å². The van der Waals surface area contributed by atoms with Gasteiger partial charge in [-0.3, -0.25) is 9.59 Å². The number of allylic oxidation sites excluding steroid dienone is 4. The highest BCUT2D eigenvalue weighted by atomic mass is 19.1. The molecule has 5 nitrogen and oxygen atoms in total. The molecule has 4 aliphatic carbocycles. The SMILES string of the molecule is CC1CC2[C@@H]3CCC4=CC(=O)C=C[C@]4(C)C3(F)C(O)CC2(C)[C@@]1(O)C(=O)CO. The molecule has 0 aromatic heterocycles. The second kappa shape index (κ2) is 5.83. The second-order valence-electron chi connectivity index (χ2n) is 9.75. The standard InChI is InChI=1S/C22H29FO5/c1-12-8-16-15-5-4-13-9-14(25)6-7-19(13,2)21(15,23)17(26)10-20(16,3)22(12,28)18(27)11-24/h6-7,9,12,15-17,24,26,28H,4-5,8,10-11H2,1-3H3/t12?,15-,16?,17?,19-,20?,21?,22-/m0/s1. The largest absolute Gasteiger partial charge is 0.390 e. The minimum absolute atomic E-state index is 0.0676. The summed E-state index contributed by atoms with van der Waals surface area (Å²) >= 11 is 0. The molecule has 0 aromatic carbocycles. The van der Waals surface area contributed by atoms with E-state index in [-0.39, 0.29) is 18.1 Å². The number of halogens is 1. The summed E-state index contributed by atoms with van der Waals surface area (Å²) in [6.07, 6.45) is 4.44. The molecule has 3 fully saturated rings. The molecule has 0 bridgehead atoms. The summed E-state index contributed by atoms with van der Waals surface area (Å²) in [5.41, 5.74) is -5.17. The fourth-order valence-electron chi connectivity index (χ4n) is 7.26. The molecule has 3 N–H and O–H groups in total. The van der Waals surface area contributed by atoms with Crippen molar-refractivity contribution >= 4 is 11.6 Å². The van der Waals surface area contributed by atoms with Crippen molar-refractivity contribution in [3.63, 3.8) is 0 Å². The number of rotatable bonds is 2. The van der Waals surface area contributed by atoms with Crippen LogP contribution in [0.4, 0.5) is 4.39 Å². The number of Topliss-reactive ketones (excluding diaryl/α,β-unsaturated/α-hetero) is 1. The van der Waals surface area contributed by atoms with Gasteiger partial charge in [0, 0.05) is 16.7 Å². The topological polar surface area (TPSA) is 94.8 Å². The molecular weight excluding hydrogens is 363 g/mol. The summed E-state index contributed by atoms with van der Waals surface area (Å²) in [4.78, 5) is 24.4. The van der Waals surface area contributed by atoms with Gasteiger partial charge in [0.25, 0.3) is 0 Å². The van der Waals surface area contributed by atoms with Crippen LogP contribution in [0.1, 0.15) is 46.5 Å². The van der Waals surface area contributed by atoms with Crippen LogP contribution in [0, 0.1) is 28.6 Å². The predicted molar refractivity (Wildman–Crippen MR) is 99.9 cm³/mol. The summed E-state index contributed by atoms with van der Waals surface area (Å²) in [5.74, 6) is -2.12. The Morgan fingerprint density at radius 1 is 1.32 bits per heavy atom. The van der Waals surface area contributed by atoms with Crippen molar-refractivity contribution in [1.29, 1.82) is 0 Å². The predicted octanol–water partition coefficient (Wildman–Crippen LogP) is 1.90. The third kappa shape index (κ3) is 2.01. The zero-order valence-electron chi connectivity index (χ0n) is 16.6. The minimum Gasteiger partial charge on any atom is -0.390 e. The lowest BCUT2D eigenvalue weighted by atomic mass is 9.44. The molecule has 8 atom stereocenters. The fraction of sp³-hybridized carbons (Fsp3) is 0.727. The van der Waals surface area contributed by atoms with Crippen molar-refractivity contribution in [3.05, 3.63) is 23.8 Å². The first-order chi connectivity index (χ1) is 13.0. The number of fused-ring (bicyclic) bond motifs is 5. The van der Waals surface area contributed by atoms with Gasteiger partial charge in [0.2, 0.25) is 0 Å². The summed E-state index contributed by atoms with van der Waals surface area (Å²) in [5, 5.41) is 32.0. The van der Waals surface area contributed by atoms with Gasteiger partial charge in [-0.05, 0) is 56.6 Å². The van der Waals surface area contributed by atoms with Gasteiger partial charge in [-0.25, -0.2) is 4.39 Å². The molecular formula is C22H29FO5. The van der Waals surface area contributed by atoms with E-state index in [2.05, 4.69) is 0 Å². The number of carbonyl (C=O) groups excluding carboxylic acids is 2. The number of ketones is 2. The van der Waals surface area contributed by atoms with Crippen LogP contribution in [0.3, 0.4) is 0 Å². The molecule has 4 aliphatic rings. The molecule has 0 aromatic rings. The number of carbonyl (C=O) groups is 2. The number of hydrogen-bond acceptors (Lipinski definition) is 5. The Morgan fingerprint density at radius 2 is 2.00 bits per heavy atom. The van der Waals surface area contributed by atoms with Crippen LogP contribution in [0.5, 0.6) is 0 Å². The fourth-order valence-corrected chi connectivity index (χ4v) is 7.26. The van der Waals surface area contributed by atoms with Gasteiger partial charge in [-0.1, -0.05) is 25.5 Å². The normalized spacial score (nSPS) is 52.5. The molecule has 0 heterocycles. The van der Waals surface area contributed by atoms with E-state index in [0.717, 1.165) is 0 Å². The van der Waals surface area contributed by atoms with Crippen LogP contribution >= 0.6 is 0 Å². The van der Waals surface area contributed by atoms with Crippen LogP contribution in [0.15, 0.2) is 23.8 Å². The smallest absolute Gasteiger partial charge is 0.190 e. The van der Waals surface area contributed by atoms with Crippen LogP contribution in [-0.2, 0) is 9.59 Å². The maximum absolute atomic E-state index is 16.9. The van der Waals surface area contributed by atoms with Crippen molar-refractivity contribution in [3.8, 4) is 0 Å². The van der Waals surface area contributed by atoms with E-state index in [9.17, 15) is 24.9 Å². The average molecular weight is 392 g/mol. The highest BCUT2D eigenvalue weighted by Crippen LogP contribution is 2.70. The van der Waals surface area contributed by atoms with E-state index in [1.54, 1.807) is 26.8 Å². The van der Waals surface area contributed by atoms with E-state index in [4.69, 9.17) is 0 Å². The van der Waals surface area contributed by atoms with Crippen LogP contribution in [-0.4, -0.2) is 50.9 Å². The summed E-state index contributed by atoms with van der Waals surface area (Å²) in [6, 6.07) is 0. The molecule has 154 valence electrons. The van der Waals surface area contributed by atoms with Crippen LogP contribution < -0.4 is 0 Å². The van der Waals surface area contributed by atoms with Crippen LogP contribution in [0.25, 0.3) is 0 Å². The van der Waals surface area contributed by atoms with Gasteiger partial charge >= 0.3 is 0 Å². The molecule has 5 unspecified atom stereocenters. The molecule has 0 amide bonds. The lowest BCUT2D eigenvalue weighted by Crippen LogP contribution is -2.69. The quantitative estimate of drug-likeness (QED) is 0.667. The molecule has 0 aliphatic heterocycles. The lowest BCUT2D eigenvalue weighted by molar-refractivity contribution is -0.219.